The van der Waals surface area contributed by atoms with Crippen molar-refractivity contribution in [2.24, 2.45) is 0 Å². The van der Waals surface area contributed by atoms with Crippen molar-refractivity contribution in [1.82, 2.24) is 14.9 Å². The highest BCUT2D eigenvalue weighted by Gasteiger charge is 2.27. The van der Waals surface area contributed by atoms with Gasteiger partial charge in [0.25, 0.3) is 5.56 Å². The first-order chi connectivity index (χ1) is 9.02. The Morgan fingerprint density at radius 1 is 1.53 bits per heavy atom. The molecule has 0 bridgehead atoms. The number of carboxylic acid groups (broad SMARTS) is 1. The summed E-state index contributed by atoms with van der Waals surface area (Å²) in [4.78, 5) is 30.3. The third-order valence-electron chi connectivity index (χ3n) is 3.20. The Hall–Kier alpha value is -2.01. The lowest BCUT2D eigenvalue weighted by Crippen LogP contribution is -2.37. The maximum atomic E-state index is 11.6. The minimum atomic E-state index is -0.951. The monoisotopic (exact) mass is 280 g/mol. The van der Waals surface area contributed by atoms with Crippen molar-refractivity contribution < 1.29 is 9.90 Å². The largest absolute Gasteiger partial charge is 0.465 e. The zero-order valence-electron chi connectivity index (χ0n) is 9.96. The molecule has 19 heavy (non-hydrogen) atoms. The lowest BCUT2D eigenvalue weighted by Gasteiger charge is -2.29. The Morgan fingerprint density at radius 2 is 2.16 bits per heavy atom. The molecule has 0 aliphatic carbocycles. The second kappa shape index (κ2) is 5.32. The van der Waals surface area contributed by atoms with Crippen LogP contribution in [0.4, 0.5) is 4.79 Å². The molecule has 0 aromatic carbocycles. The highest BCUT2D eigenvalue weighted by atomic mass is 32.1. The molecule has 1 aliphatic heterocycles. The minimum absolute atomic E-state index is 0.00780. The van der Waals surface area contributed by atoms with E-state index in [1.54, 1.807) is 0 Å². The van der Waals surface area contributed by atoms with Crippen LogP contribution < -0.4 is 5.56 Å². The van der Waals surface area contributed by atoms with Gasteiger partial charge in [0.05, 0.1) is 5.69 Å². The number of amides is 1. The first-order valence-electron chi connectivity index (χ1n) is 5.74. The van der Waals surface area contributed by atoms with Gasteiger partial charge < -0.3 is 15.0 Å². The van der Waals surface area contributed by atoms with Crippen LogP contribution in [0.3, 0.4) is 0 Å². The van der Waals surface area contributed by atoms with Crippen LogP contribution in [0.25, 0.3) is 0 Å². The van der Waals surface area contributed by atoms with Gasteiger partial charge >= 0.3 is 6.09 Å². The van der Waals surface area contributed by atoms with Crippen LogP contribution in [0.15, 0.2) is 9.95 Å². The molecule has 2 heterocycles. The van der Waals surface area contributed by atoms with Crippen molar-refractivity contribution in [2.45, 2.75) is 23.9 Å². The van der Waals surface area contributed by atoms with Crippen molar-refractivity contribution >= 4 is 18.7 Å². The fraction of sp³-hybridized carbons (Fsp3) is 0.455. The summed E-state index contributed by atoms with van der Waals surface area (Å²) in [6.45, 7) is 0.752. The van der Waals surface area contributed by atoms with Crippen molar-refractivity contribution in [3.63, 3.8) is 0 Å². The van der Waals surface area contributed by atoms with Gasteiger partial charge in [0, 0.05) is 19.0 Å². The normalized spacial score (nSPS) is 16.1. The van der Waals surface area contributed by atoms with E-state index in [2.05, 4.69) is 22.6 Å². The maximum absolute atomic E-state index is 11.6. The smallest absolute Gasteiger partial charge is 0.407 e. The summed E-state index contributed by atoms with van der Waals surface area (Å²) in [5.41, 5.74) is -0.0916. The van der Waals surface area contributed by atoms with E-state index in [0.717, 1.165) is 0 Å². The Bertz CT molecular complexity index is 599. The molecule has 0 unspecified atom stereocenters. The second-order valence-electron chi connectivity index (χ2n) is 4.31. The summed E-state index contributed by atoms with van der Waals surface area (Å²) in [6, 6.07) is 1.85. The molecular weight excluding hydrogens is 268 g/mol. The maximum Gasteiger partial charge on any atom is 0.407 e. The van der Waals surface area contributed by atoms with Gasteiger partial charge in [-0.2, -0.15) is 5.26 Å². The predicted molar refractivity (Wildman–Crippen MR) is 68.4 cm³/mol. The fourth-order valence-corrected chi connectivity index (χ4v) is 2.44. The lowest BCUT2D eigenvalue weighted by molar-refractivity contribution is 0.131. The number of thiol groups is 1. The van der Waals surface area contributed by atoms with Crippen LogP contribution in [0.1, 0.15) is 30.0 Å². The average Bonchev–Trinajstić information content (AvgIpc) is 2.38. The van der Waals surface area contributed by atoms with Crippen molar-refractivity contribution in [3.8, 4) is 6.07 Å². The molecule has 8 heteroatoms. The summed E-state index contributed by atoms with van der Waals surface area (Å²) in [7, 11) is 0. The van der Waals surface area contributed by atoms with Gasteiger partial charge in [0.2, 0.25) is 0 Å². The van der Waals surface area contributed by atoms with Crippen LogP contribution in [0, 0.1) is 11.3 Å². The van der Waals surface area contributed by atoms with Gasteiger partial charge in [-0.1, -0.05) is 0 Å². The minimum Gasteiger partial charge on any atom is -0.465 e. The number of carbonyl (C=O) groups is 1. The quantitative estimate of drug-likeness (QED) is 0.520. The Morgan fingerprint density at radius 3 is 2.68 bits per heavy atom. The van der Waals surface area contributed by atoms with Crippen LogP contribution in [0.2, 0.25) is 0 Å². The number of piperidine rings is 1. The third kappa shape index (κ3) is 2.71. The van der Waals surface area contributed by atoms with Gasteiger partial charge in [0.1, 0.15) is 11.6 Å². The van der Waals surface area contributed by atoms with Crippen molar-refractivity contribution in [1.29, 1.82) is 5.26 Å². The van der Waals surface area contributed by atoms with Gasteiger partial charge in [-0.25, -0.2) is 9.78 Å². The van der Waals surface area contributed by atoms with E-state index in [-0.39, 0.29) is 16.6 Å². The van der Waals surface area contributed by atoms with E-state index in [1.165, 1.54) is 4.90 Å². The first kappa shape index (κ1) is 13.4. The van der Waals surface area contributed by atoms with Crippen LogP contribution in [0.5, 0.6) is 0 Å². The number of likely N-dealkylation sites (tertiary alicyclic amines) is 1. The molecule has 7 nitrogen and oxygen atoms in total. The molecular formula is C11H12N4O3S. The standard InChI is InChI=1S/C11H12N4O3S/c12-5-7-8(13-10(19)14-9(7)16)6-1-3-15(4-2-6)11(17)18/h6H,1-4H2,(H,17,18)(H2,13,14,16,19). The van der Waals surface area contributed by atoms with Crippen LogP contribution >= 0.6 is 12.6 Å². The molecule has 1 aromatic rings. The van der Waals surface area contributed by atoms with Crippen LogP contribution in [-0.4, -0.2) is 39.2 Å². The summed E-state index contributed by atoms with van der Waals surface area (Å²) in [5, 5.41) is 18.1. The number of nitriles is 1. The van der Waals surface area contributed by atoms with Crippen molar-refractivity contribution in [2.75, 3.05) is 13.1 Å². The highest BCUT2D eigenvalue weighted by Crippen LogP contribution is 2.28. The lowest BCUT2D eigenvalue weighted by atomic mass is 9.91. The Balaban J connectivity index is 2.27. The van der Waals surface area contributed by atoms with Gasteiger partial charge in [0.15, 0.2) is 5.16 Å². The van der Waals surface area contributed by atoms with Gasteiger partial charge in [-0.3, -0.25) is 4.79 Å². The molecule has 1 aliphatic rings. The van der Waals surface area contributed by atoms with E-state index in [9.17, 15) is 9.59 Å². The molecule has 1 fully saturated rings. The molecule has 2 rings (SSSR count). The SMILES string of the molecule is N#Cc1c(C2CCN(C(=O)O)CC2)nc(S)[nH]c1=O. The molecule has 2 N–H and O–H groups in total. The zero-order valence-corrected chi connectivity index (χ0v) is 10.9. The Labute approximate surface area is 114 Å². The first-order valence-corrected chi connectivity index (χ1v) is 6.18. The van der Waals surface area contributed by atoms with Gasteiger partial charge in [-0.05, 0) is 12.8 Å². The topological polar surface area (TPSA) is 110 Å². The number of rotatable bonds is 1. The van der Waals surface area contributed by atoms with E-state index in [1.807, 2.05) is 6.07 Å². The van der Waals surface area contributed by atoms with E-state index in [0.29, 0.717) is 31.6 Å². The molecule has 100 valence electrons. The van der Waals surface area contributed by atoms with E-state index < -0.39 is 11.7 Å². The number of nitrogens with zero attached hydrogens (tertiary/aromatic N) is 3. The number of hydrogen-bond donors (Lipinski definition) is 3. The van der Waals surface area contributed by atoms with Crippen LogP contribution in [-0.2, 0) is 0 Å². The Kier molecular flexibility index (Phi) is 3.76. The number of nitrogens with one attached hydrogen (secondary N) is 1. The summed E-state index contributed by atoms with van der Waals surface area (Å²) in [6.07, 6.45) is 0.141. The number of H-pyrrole nitrogens is 1. The number of hydrogen-bond acceptors (Lipinski definition) is 5. The molecule has 0 spiro atoms. The van der Waals surface area contributed by atoms with E-state index >= 15 is 0 Å². The molecule has 1 saturated heterocycles. The molecule has 1 aromatic heterocycles. The summed E-state index contributed by atoms with van der Waals surface area (Å²) < 4.78 is 0. The summed E-state index contributed by atoms with van der Waals surface area (Å²) >= 11 is 4.00. The fourth-order valence-electron chi connectivity index (χ4n) is 2.23. The second-order valence-corrected chi connectivity index (χ2v) is 4.73. The number of aromatic nitrogens is 2. The molecule has 0 radical (unpaired) electrons. The molecule has 1 amide bonds. The molecule has 0 saturated carbocycles. The van der Waals surface area contributed by atoms with E-state index in [4.69, 9.17) is 10.4 Å². The average molecular weight is 280 g/mol. The zero-order chi connectivity index (χ0) is 14.0. The molecule has 0 atom stereocenters. The number of aromatic amines is 1. The summed E-state index contributed by atoms with van der Waals surface area (Å²) in [5.74, 6) is -0.0848. The predicted octanol–water partition coefficient (Wildman–Crippen LogP) is 0.788. The van der Waals surface area contributed by atoms with Gasteiger partial charge in [-0.15, -0.1) is 12.6 Å². The third-order valence-corrected chi connectivity index (χ3v) is 3.41. The van der Waals surface area contributed by atoms with Crippen molar-refractivity contribution in [3.05, 3.63) is 21.6 Å². The highest BCUT2D eigenvalue weighted by molar-refractivity contribution is 7.80.